The van der Waals surface area contributed by atoms with Crippen LogP contribution in [0.5, 0.6) is 0 Å². The van der Waals surface area contributed by atoms with Crippen LogP contribution in [-0.2, 0) is 4.79 Å². The smallest absolute Gasteiger partial charge is 0.294 e. The lowest BCUT2D eigenvalue weighted by molar-refractivity contribution is -0.120. The largest absolute Gasteiger partial charge is 0.352 e. The van der Waals surface area contributed by atoms with Gasteiger partial charge in [-0.05, 0) is 56.1 Å². The Bertz CT molecular complexity index is 1190. The van der Waals surface area contributed by atoms with Crippen LogP contribution in [0.1, 0.15) is 38.3 Å². The second kappa shape index (κ2) is 7.65. The number of benzene rings is 1. The van der Waals surface area contributed by atoms with Gasteiger partial charge in [-0.25, -0.2) is 4.98 Å². The summed E-state index contributed by atoms with van der Waals surface area (Å²) in [7, 11) is 0. The van der Waals surface area contributed by atoms with Gasteiger partial charge in [0.1, 0.15) is 5.69 Å². The maximum absolute atomic E-state index is 12.8. The molecule has 0 radical (unpaired) electrons. The monoisotopic (exact) mass is 423 g/mol. The van der Waals surface area contributed by atoms with Gasteiger partial charge < -0.3 is 5.32 Å². The summed E-state index contributed by atoms with van der Waals surface area (Å²) in [6.45, 7) is 3.87. The summed E-state index contributed by atoms with van der Waals surface area (Å²) in [4.78, 5) is 33.8. The van der Waals surface area contributed by atoms with E-state index in [0.717, 1.165) is 23.2 Å². The molecule has 2 aromatic heterocycles. The lowest BCUT2D eigenvalue weighted by Gasteiger charge is -2.31. The molecule has 0 spiro atoms. The fourth-order valence-corrected chi connectivity index (χ4v) is 6.11. The lowest BCUT2D eigenvalue weighted by Crippen LogP contribution is -2.44. The van der Waals surface area contributed by atoms with E-state index in [1.54, 1.807) is 11.4 Å². The fraction of sp³-hybridized carbons (Fsp3) is 0.500. The summed E-state index contributed by atoms with van der Waals surface area (Å²) in [5.41, 5.74) is 1.17. The van der Waals surface area contributed by atoms with Gasteiger partial charge in [0.15, 0.2) is 10.8 Å². The van der Waals surface area contributed by atoms with Crippen LogP contribution in [0.4, 0.5) is 0 Å². The number of carbonyl (C=O) groups is 1. The fourth-order valence-electron chi connectivity index (χ4n) is 5.36. The number of aromatic nitrogens is 4. The predicted octanol–water partition coefficient (Wildman–Crippen LogP) is 2.98. The minimum Gasteiger partial charge on any atom is -0.352 e. The molecule has 8 heteroatoms. The number of aryl methyl sites for hydroxylation is 1. The van der Waals surface area contributed by atoms with Crippen molar-refractivity contribution in [3.8, 4) is 0 Å². The van der Waals surface area contributed by atoms with Gasteiger partial charge in [-0.15, -0.1) is 0 Å². The van der Waals surface area contributed by atoms with Crippen LogP contribution in [-0.4, -0.2) is 37.3 Å². The van der Waals surface area contributed by atoms with E-state index in [1.807, 2.05) is 24.3 Å². The van der Waals surface area contributed by atoms with Crippen LogP contribution in [0.25, 0.3) is 16.6 Å². The molecular weight excluding hydrogens is 398 g/mol. The van der Waals surface area contributed by atoms with Crippen LogP contribution in [0, 0.1) is 24.7 Å². The number of nitrogens with one attached hydrogen (secondary N) is 1. The molecule has 1 aromatic carbocycles. The van der Waals surface area contributed by atoms with Crippen LogP contribution in [0.2, 0.25) is 0 Å². The standard InChI is InChI=1S/C22H25N5O2S/c1-3-15-13-8-9-14(10-13)19(15)24-18(28)11-30-22-23-17-7-5-4-6-16(17)20-25-21(29)12(2)26-27(20)22/h4-7,13-15,19H,3,8-11H2,1-2H3,(H,24,28). The summed E-state index contributed by atoms with van der Waals surface area (Å²) >= 11 is 1.33. The molecule has 7 nitrogen and oxygen atoms in total. The molecule has 3 aromatic rings. The Morgan fingerprint density at radius 2 is 2.03 bits per heavy atom. The number of rotatable bonds is 5. The molecule has 30 heavy (non-hydrogen) atoms. The third-order valence-corrected chi connectivity index (χ3v) is 7.66. The Balaban J connectivity index is 1.40. The second-order valence-corrected chi connectivity index (χ2v) is 9.38. The van der Waals surface area contributed by atoms with Crippen LogP contribution < -0.4 is 10.9 Å². The van der Waals surface area contributed by atoms with E-state index in [9.17, 15) is 9.59 Å². The average Bonchev–Trinajstić information content (AvgIpc) is 3.35. The van der Waals surface area contributed by atoms with Crippen molar-refractivity contribution in [2.24, 2.45) is 17.8 Å². The van der Waals surface area contributed by atoms with Gasteiger partial charge >= 0.3 is 0 Å². The highest BCUT2D eigenvalue weighted by molar-refractivity contribution is 7.99. The Hall–Kier alpha value is -2.48. The molecule has 0 aliphatic heterocycles. The predicted molar refractivity (Wildman–Crippen MR) is 117 cm³/mol. The van der Waals surface area contributed by atoms with Gasteiger partial charge in [0, 0.05) is 11.4 Å². The molecule has 0 saturated heterocycles. The van der Waals surface area contributed by atoms with Crippen molar-refractivity contribution >= 4 is 34.2 Å². The number of carbonyl (C=O) groups excluding carboxylic acids is 1. The summed E-state index contributed by atoms with van der Waals surface area (Å²) in [5.74, 6) is 2.31. The summed E-state index contributed by atoms with van der Waals surface area (Å²) in [6.07, 6.45) is 4.93. The number of amides is 1. The molecule has 2 aliphatic carbocycles. The molecule has 4 atom stereocenters. The minimum absolute atomic E-state index is 0.0323. The number of hydrogen-bond donors (Lipinski definition) is 1. The van der Waals surface area contributed by atoms with Gasteiger partial charge in [0.25, 0.3) is 5.56 Å². The third kappa shape index (κ3) is 3.27. The zero-order valence-electron chi connectivity index (χ0n) is 17.2. The minimum atomic E-state index is -0.345. The molecule has 2 heterocycles. The number of para-hydroxylation sites is 1. The van der Waals surface area contributed by atoms with Crippen LogP contribution in [0.15, 0.2) is 34.2 Å². The van der Waals surface area contributed by atoms with Gasteiger partial charge in [-0.1, -0.05) is 37.2 Å². The van der Waals surface area contributed by atoms with Crippen molar-refractivity contribution in [3.63, 3.8) is 0 Å². The molecule has 5 rings (SSSR count). The van der Waals surface area contributed by atoms with E-state index in [0.29, 0.717) is 34.4 Å². The first kappa shape index (κ1) is 19.5. The number of hydrogen-bond acceptors (Lipinski definition) is 6. The van der Waals surface area contributed by atoms with Gasteiger partial charge in [0.05, 0.1) is 11.3 Å². The van der Waals surface area contributed by atoms with E-state index >= 15 is 0 Å². The first-order chi connectivity index (χ1) is 14.5. The second-order valence-electron chi connectivity index (χ2n) is 8.44. The first-order valence-corrected chi connectivity index (χ1v) is 11.6. The third-order valence-electron chi connectivity index (χ3n) is 6.73. The van der Waals surface area contributed by atoms with E-state index < -0.39 is 0 Å². The summed E-state index contributed by atoms with van der Waals surface area (Å²) in [6, 6.07) is 7.85. The SMILES string of the molecule is CCC1C2CCC(C2)C1NC(=O)CSc1nc2ccccc2c2nc(=O)c(C)nn12. The molecule has 2 saturated carbocycles. The zero-order valence-corrected chi connectivity index (χ0v) is 18.0. The Morgan fingerprint density at radius 1 is 1.23 bits per heavy atom. The maximum Gasteiger partial charge on any atom is 0.294 e. The highest BCUT2D eigenvalue weighted by Crippen LogP contribution is 2.49. The molecular formula is C22H25N5O2S. The molecule has 2 fully saturated rings. The van der Waals surface area contributed by atoms with E-state index in [-0.39, 0.29) is 17.2 Å². The normalized spacial score (nSPS) is 25.3. The van der Waals surface area contributed by atoms with Crippen LogP contribution in [0.3, 0.4) is 0 Å². The van der Waals surface area contributed by atoms with Crippen molar-refractivity contribution in [2.75, 3.05) is 5.75 Å². The maximum atomic E-state index is 12.8. The zero-order chi connectivity index (χ0) is 20.8. The first-order valence-electron chi connectivity index (χ1n) is 10.6. The molecule has 1 N–H and O–H groups in total. The molecule has 156 valence electrons. The molecule has 1 amide bonds. The quantitative estimate of drug-likeness (QED) is 0.386. The van der Waals surface area contributed by atoms with Crippen molar-refractivity contribution in [1.82, 2.24) is 24.9 Å². The highest BCUT2D eigenvalue weighted by atomic mass is 32.2. The topological polar surface area (TPSA) is 89.2 Å². The summed E-state index contributed by atoms with van der Waals surface area (Å²) in [5, 5.41) is 9.03. The highest BCUT2D eigenvalue weighted by Gasteiger charge is 2.46. The lowest BCUT2D eigenvalue weighted by atomic mass is 9.83. The average molecular weight is 424 g/mol. The van der Waals surface area contributed by atoms with Crippen LogP contribution >= 0.6 is 11.8 Å². The van der Waals surface area contributed by atoms with Gasteiger partial charge in [-0.2, -0.15) is 14.6 Å². The molecule has 2 aliphatic rings. The van der Waals surface area contributed by atoms with Crippen molar-refractivity contribution in [1.29, 1.82) is 0 Å². The molecule has 2 bridgehead atoms. The Labute approximate surface area is 178 Å². The number of nitrogens with zero attached hydrogens (tertiary/aromatic N) is 4. The van der Waals surface area contributed by atoms with E-state index in [4.69, 9.17) is 0 Å². The molecule has 4 unspecified atom stereocenters. The van der Waals surface area contributed by atoms with E-state index in [2.05, 4.69) is 27.3 Å². The van der Waals surface area contributed by atoms with E-state index in [1.165, 1.54) is 31.0 Å². The Morgan fingerprint density at radius 3 is 2.87 bits per heavy atom. The van der Waals surface area contributed by atoms with Crippen molar-refractivity contribution in [3.05, 3.63) is 40.3 Å². The van der Waals surface area contributed by atoms with Crippen molar-refractivity contribution in [2.45, 2.75) is 50.7 Å². The van der Waals surface area contributed by atoms with Gasteiger partial charge in [0.2, 0.25) is 5.91 Å². The summed E-state index contributed by atoms with van der Waals surface area (Å²) < 4.78 is 1.59. The number of fused-ring (bicyclic) bond motifs is 5. The number of thioether (sulfide) groups is 1. The Kier molecular flexibility index (Phi) is 4.97. The van der Waals surface area contributed by atoms with Gasteiger partial charge in [-0.3, -0.25) is 9.59 Å². The van der Waals surface area contributed by atoms with Crippen molar-refractivity contribution < 1.29 is 4.79 Å².